The predicted octanol–water partition coefficient (Wildman–Crippen LogP) is 2.85. The van der Waals surface area contributed by atoms with Gasteiger partial charge in [-0.2, -0.15) is 13.5 Å². The van der Waals surface area contributed by atoms with E-state index in [0.717, 1.165) is 26.5 Å². The van der Waals surface area contributed by atoms with E-state index in [9.17, 15) is 13.5 Å². The first-order valence-electron chi connectivity index (χ1n) is 13.7. The smallest absolute Gasteiger partial charge is 0.298 e. The molecular weight excluding hydrogens is 601 g/mol. The molecule has 0 amide bonds. The topological polar surface area (TPSA) is 162 Å². The van der Waals surface area contributed by atoms with Gasteiger partial charge in [-0.25, -0.2) is 25.4 Å². The van der Waals surface area contributed by atoms with E-state index in [1.165, 1.54) is 22.7 Å². The molecule has 12 nitrogen and oxygen atoms in total. The lowest BCUT2D eigenvalue weighted by molar-refractivity contribution is -0.392. The number of hydrogen-bond donors (Lipinski definition) is 2. The molecule has 4 heterocycles. The number of H-pyrrole nitrogens is 2. The van der Waals surface area contributed by atoms with E-state index in [4.69, 9.17) is 9.17 Å². The van der Waals surface area contributed by atoms with Crippen molar-refractivity contribution in [3.05, 3.63) is 106 Å². The van der Waals surface area contributed by atoms with Crippen molar-refractivity contribution in [2.75, 3.05) is 0 Å². The number of aromatic amines is 2. The maximum atomic E-state index is 13.6. The molecule has 0 spiro atoms. The Bertz CT molecular complexity index is 2240. The first-order chi connectivity index (χ1) is 21.2. The molecule has 2 aromatic heterocycles. The Hall–Kier alpha value is -4.76. The van der Waals surface area contributed by atoms with Crippen molar-refractivity contribution in [2.45, 2.75) is 38.3 Å². The van der Waals surface area contributed by atoms with E-state index in [2.05, 4.69) is 49.7 Å². The SMILES string of the molecule is Cc1ccc2nc(-c3ccc(N=NC4=C5N=c6cccc(S(=O)(=O)OCc7[nH]c(C)c[nH+]7)c6=C([O-])N5NC4C)cc3)sc2c1. The van der Waals surface area contributed by atoms with Gasteiger partial charge in [0.1, 0.15) is 27.5 Å². The fourth-order valence-electron chi connectivity index (χ4n) is 5.00. The van der Waals surface area contributed by atoms with Gasteiger partial charge in [0.15, 0.2) is 12.4 Å². The van der Waals surface area contributed by atoms with Gasteiger partial charge >= 0.3 is 0 Å². The minimum absolute atomic E-state index is 0.0821. The summed E-state index contributed by atoms with van der Waals surface area (Å²) in [6.45, 7) is 5.46. The normalized spacial score (nSPS) is 16.6. The number of aromatic nitrogens is 3. The molecule has 1 atom stereocenters. The third kappa shape index (κ3) is 5.07. The number of hydrogen-bond acceptors (Lipinski definition) is 11. The number of benzene rings is 3. The van der Waals surface area contributed by atoms with Crippen molar-refractivity contribution in [3.63, 3.8) is 0 Å². The van der Waals surface area contributed by atoms with E-state index in [-0.39, 0.29) is 27.9 Å². The van der Waals surface area contributed by atoms with Crippen molar-refractivity contribution < 1.29 is 22.7 Å². The molecule has 14 heteroatoms. The Morgan fingerprint density at radius 3 is 2.70 bits per heavy atom. The van der Waals surface area contributed by atoms with Gasteiger partial charge in [0.2, 0.25) is 0 Å². The van der Waals surface area contributed by atoms with E-state index < -0.39 is 22.0 Å². The highest BCUT2D eigenvalue weighted by Gasteiger charge is 2.32. The van der Waals surface area contributed by atoms with Crippen LogP contribution in [0.4, 0.5) is 5.69 Å². The number of nitrogens with one attached hydrogen (secondary N) is 3. The Labute approximate surface area is 255 Å². The number of azo groups is 1. The van der Waals surface area contributed by atoms with Crippen molar-refractivity contribution in [1.82, 2.24) is 20.4 Å². The molecule has 3 N–H and O–H groups in total. The van der Waals surface area contributed by atoms with Crippen LogP contribution >= 0.6 is 11.3 Å². The van der Waals surface area contributed by atoms with E-state index in [1.807, 2.05) is 44.2 Å². The van der Waals surface area contributed by atoms with Crippen LogP contribution in [0.5, 0.6) is 0 Å². The highest BCUT2D eigenvalue weighted by Crippen LogP contribution is 2.32. The van der Waals surface area contributed by atoms with Gasteiger partial charge in [0.25, 0.3) is 15.9 Å². The van der Waals surface area contributed by atoms with Crippen LogP contribution in [0.3, 0.4) is 0 Å². The molecule has 0 saturated carbocycles. The maximum absolute atomic E-state index is 13.6. The number of imidazole rings is 1. The van der Waals surface area contributed by atoms with Crippen molar-refractivity contribution in [2.24, 2.45) is 15.2 Å². The number of hydrazine groups is 1. The number of thiazole rings is 1. The second-order valence-electron chi connectivity index (χ2n) is 10.5. The summed E-state index contributed by atoms with van der Waals surface area (Å²) in [6.07, 6.45) is 1.70. The second kappa shape index (κ2) is 10.7. The minimum Gasteiger partial charge on any atom is -0.858 e. The lowest BCUT2D eigenvalue weighted by Crippen LogP contribution is -2.49. The molecular formula is C30H26N8O4S2. The lowest BCUT2D eigenvalue weighted by Gasteiger charge is -2.30. The molecule has 44 heavy (non-hydrogen) atoms. The summed E-state index contributed by atoms with van der Waals surface area (Å²) >= 11 is 1.64. The van der Waals surface area contributed by atoms with E-state index in [1.54, 1.807) is 23.6 Å². The molecule has 0 aliphatic carbocycles. The molecule has 7 rings (SSSR count). The Morgan fingerprint density at radius 1 is 1.11 bits per heavy atom. The number of rotatable bonds is 7. The van der Waals surface area contributed by atoms with Gasteiger partial charge in [-0.15, -0.1) is 16.5 Å². The second-order valence-corrected chi connectivity index (χ2v) is 13.1. The monoisotopic (exact) mass is 626 g/mol. The first kappa shape index (κ1) is 28.0. The third-order valence-electron chi connectivity index (χ3n) is 7.19. The van der Waals surface area contributed by atoms with Crippen LogP contribution in [-0.4, -0.2) is 29.4 Å². The average molecular weight is 627 g/mol. The van der Waals surface area contributed by atoms with Gasteiger partial charge < -0.3 is 5.11 Å². The van der Waals surface area contributed by atoms with Crippen LogP contribution in [-0.2, 0) is 20.9 Å². The van der Waals surface area contributed by atoms with Gasteiger partial charge in [-0.3, -0.25) is 9.19 Å². The van der Waals surface area contributed by atoms with Crippen LogP contribution < -0.4 is 26.1 Å². The highest BCUT2D eigenvalue weighted by atomic mass is 32.2. The number of fused-ring (bicyclic) bond motifs is 3. The van der Waals surface area contributed by atoms with Gasteiger partial charge in [-0.05, 0) is 73.8 Å². The molecule has 0 saturated heterocycles. The third-order valence-corrected chi connectivity index (χ3v) is 9.57. The van der Waals surface area contributed by atoms with Gasteiger partial charge in [0.05, 0.1) is 27.3 Å². The summed E-state index contributed by atoms with van der Waals surface area (Å²) in [5.41, 5.74) is 8.05. The molecule has 0 bridgehead atoms. The van der Waals surface area contributed by atoms with Crippen LogP contribution in [0.25, 0.3) is 26.7 Å². The summed E-state index contributed by atoms with van der Waals surface area (Å²) in [4.78, 5) is 15.0. The molecule has 1 unspecified atom stereocenters. The molecule has 3 aromatic carbocycles. The van der Waals surface area contributed by atoms with Crippen LogP contribution in [0, 0.1) is 13.8 Å². The Morgan fingerprint density at radius 2 is 1.93 bits per heavy atom. The molecule has 5 aromatic rings. The summed E-state index contributed by atoms with van der Waals surface area (Å²) in [5, 5.41) is 24.7. The van der Waals surface area contributed by atoms with Gasteiger partial charge in [0, 0.05) is 17.7 Å². The zero-order chi connectivity index (χ0) is 30.6. The fourth-order valence-corrected chi connectivity index (χ4v) is 7.16. The molecule has 0 fully saturated rings. The lowest BCUT2D eigenvalue weighted by atomic mass is 10.2. The standard InChI is InChI=1S/C30H26N8O4S2/c1-16-7-12-21-23(13-16)43-29(34-21)19-8-10-20(11-9-19)35-36-27-18(3)37-38-28(27)33-22-5-4-6-24(26(22)30(38)39)44(40,41)42-15-25-31-14-17(2)32-25/h4-14,18,37,39H,15H2,1-3H3,(H,31,32). The van der Waals surface area contributed by atoms with Crippen molar-refractivity contribution >= 4 is 43.2 Å². The van der Waals surface area contributed by atoms with E-state index in [0.29, 0.717) is 17.2 Å². The van der Waals surface area contributed by atoms with Crippen LogP contribution in [0.2, 0.25) is 0 Å². The van der Waals surface area contributed by atoms with Crippen LogP contribution in [0.1, 0.15) is 24.0 Å². The van der Waals surface area contributed by atoms with Crippen LogP contribution in [0.15, 0.2) is 98.5 Å². The molecule has 0 radical (unpaired) electrons. The molecule has 2 aliphatic heterocycles. The van der Waals surface area contributed by atoms with Gasteiger partial charge in [-0.1, -0.05) is 12.1 Å². The largest absolute Gasteiger partial charge is 0.858 e. The number of aryl methyl sites for hydroxylation is 2. The molecule has 2 aliphatic rings. The summed E-state index contributed by atoms with van der Waals surface area (Å²) < 4.78 is 32.7. The van der Waals surface area contributed by atoms with Crippen molar-refractivity contribution in [3.8, 4) is 10.6 Å². The van der Waals surface area contributed by atoms with Crippen molar-refractivity contribution in [1.29, 1.82) is 0 Å². The summed E-state index contributed by atoms with van der Waals surface area (Å²) in [5.74, 6) is 0.151. The zero-order valence-electron chi connectivity index (χ0n) is 23.8. The summed E-state index contributed by atoms with van der Waals surface area (Å²) in [6, 6.07) is 17.8. The maximum Gasteiger partial charge on any atom is 0.298 e. The quantitative estimate of drug-likeness (QED) is 0.207. The van der Waals surface area contributed by atoms with E-state index >= 15 is 0 Å². The highest BCUT2D eigenvalue weighted by molar-refractivity contribution is 7.86. The zero-order valence-corrected chi connectivity index (χ0v) is 25.5. The average Bonchev–Trinajstić information content (AvgIpc) is 3.71. The fraction of sp³-hybridized carbons (Fsp3) is 0.167. The minimum atomic E-state index is -4.30. The molecule has 222 valence electrons. The summed E-state index contributed by atoms with van der Waals surface area (Å²) in [7, 11) is -4.30. The Balaban J connectivity index is 1.18. The first-order valence-corrected chi connectivity index (χ1v) is 15.9. The number of nitrogens with zero attached hydrogens (tertiary/aromatic N) is 5. The predicted molar refractivity (Wildman–Crippen MR) is 160 cm³/mol. The Kier molecular flexibility index (Phi) is 6.85.